The second-order valence-corrected chi connectivity index (χ2v) is 7.95. The molecule has 0 bridgehead atoms. The van der Waals surface area contributed by atoms with E-state index in [0.717, 1.165) is 20.4 Å². The molecule has 0 aliphatic carbocycles. The average molecular weight is 419 g/mol. The number of fused-ring (bicyclic) bond motifs is 1. The van der Waals surface area contributed by atoms with Crippen molar-refractivity contribution in [1.82, 2.24) is 14.3 Å². The van der Waals surface area contributed by atoms with Gasteiger partial charge in [-0.3, -0.25) is 9.48 Å². The normalized spacial score (nSPS) is 12.3. The standard InChI is InChI=1S/C18H19BrN4OS/c1-5-8-22-14-7-6-13(19)10-16(14)25-18(22)20-17(24)15-9-12(4)21-23(15)11(2)3/h5-7,9-11H,1,8H2,2-4H3. The van der Waals surface area contributed by atoms with Crippen LogP contribution in [0.25, 0.3) is 10.2 Å². The Labute approximate surface area is 158 Å². The third kappa shape index (κ3) is 3.52. The highest BCUT2D eigenvalue weighted by Gasteiger charge is 2.16. The monoisotopic (exact) mass is 418 g/mol. The number of allylic oxidation sites excluding steroid dienone is 1. The van der Waals surface area contributed by atoms with Gasteiger partial charge in [0.2, 0.25) is 0 Å². The van der Waals surface area contributed by atoms with Crippen LogP contribution in [0.1, 0.15) is 36.1 Å². The van der Waals surface area contributed by atoms with Gasteiger partial charge in [-0.2, -0.15) is 10.1 Å². The molecule has 0 N–H and O–H groups in total. The fourth-order valence-electron chi connectivity index (χ4n) is 2.65. The number of halogens is 1. The Morgan fingerprint density at radius 2 is 2.20 bits per heavy atom. The molecule has 0 spiro atoms. The minimum absolute atomic E-state index is 0.0986. The number of hydrogen-bond donors (Lipinski definition) is 0. The molecule has 2 heterocycles. The predicted octanol–water partition coefficient (Wildman–Crippen LogP) is 4.48. The van der Waals surface area contributed by atoms with Crippen molar-refractivity contribution in [3.05, 3.63) is 57.6 Å². The van der Waals surface area contributed by atoms with E-state index in [1.807, 2.05) is 43.5 Å². The largest absolute Gasteiger partial charge is 0.312 e. The number of amides is 1. The molecule has 0 fully saturated rings. The average Bonchev–Trinajstić information content (AvgIpc) is 3.09. The Morgan fingerprint density at radius 1 is 1.44 bits per heavy atom. The van der Waals surface area contributed by atoms with E-state index in [-0.39, 0.29) is 11.9 Å². The molecule has 130 valence electrons. The van der Waals surface area contributed by atoms with Crippen LogP contribution in [0.15, 0.2) is 46.4 Å². The first-order chi connectivity index (χ1) is 11.9. The summed E-state index contributed by atoms with van der Waals surface area (Å²) < 4.78 is 5.79. The smallest absolute Gasteiger partial charge is 0.297 e. The summed E-state index contributed by atoms with van der Waals surface area (Å²) in [6, 6.07) is 7.92. The lowest BCUT2D eigenvalue weighted by molar-refractivity contribution is 0.0986. The highest BCUT2D eigenvalue weighted by Crippen LogP contribution is 2.22. The number of rotatable bonds is 4. The van der Waals surface area contributed by atoms with Gasteiger partial charge in [0.25, 0.3) is 5.91 Å². The second-order valence-electron chi connectivity index (χ2n) is 6.02. The summed E-state index contributed by atoms with van der Waals surface area (Å²) in [4.78, 5) is 17.8. The Hall–Kier alpha value is -1.99. The van der Waals surface area contributed by atoms with Gasteiger partial charge >= 0.3 is 0 Å². The number of aromatic nitrogens is 3. The molecule has 0 atom stereocenters. The molecule has 2 aromatic heterocycles. The maximum absolute atomic E-state index is 12.8. The molecular formula is C18H19BrN4OS. The first-order valence-electron chi connectivity index (χ1n) is 7.95. The number of benzene rings is 1. The van der Waals surface area contributed by atoms with Crippen molar-refractivity contribution < 1.29 is 4.79 Å². The van der Waals surface area contributed by atoms with Gasteiger partial charge in [-0.25, -0.2) is 0 Å². The fourth-order valence-corrected chi connectivity index (χ4v) is 4.24. The summed E-state index contributed by atoms with van der Waals surface area (Å²) in [6.45, 7) is 10.3. The number of carbonyl (C=O) groups is 1. The molecule has 5 nitrogen and oxygen atoms in total. The fraction of sp³-hybridized carbons (Fsp3) is 0.278. The number of hydrogen-bond acceptors (Lipinski definition) is 3. The summed E-state index contributed by atoms with van der Waals surface area (Å²) in [5.41, 5.74) is 2.36. The highest BCUT2D eigenvalue weighted by atomic mass is 79.9. The Morgan fingerprint density at radius 3 is 2.88 bits per heavy atom. The van der Waals surface area contributed by atoms with Crippen LogP contribution in [0, 0.1) is 6.92 Å². The van der Waals surface area contributed by atoms with E-state index < -0.39 is 0 Å². The minimum atomic E-state index is -0.280. The van der Waals surface area contributed by atoms with Gasteiger partial charge in [-0.05, 0) is 45.0 Å². The minimum Gasteiger partial charge on any atom is -0.312 e. The van der Waals surface area contributed by atoms with E-state index in [9.17, 15) is 4.79 Å². The third-order valence-corrected chi connectivity index (χ3v) is 5.25. The van der Waals surface area contributed by atoms with Crippen molar-refractivity contribution in [2.24, 2.45) is 4.99 Å². The zero-order valence-electron chi connectivity index (χ0n) is 14.4. The topological polar surface area (TPSA) is 52.2 Å². The summed E-state index contributed by atoms with van der Waals surface area (Å²) in [5.74, 6) is -0.280. The number of carbonyl (C=O) groups excluding carboxylic acids is 1. The van der Waals surface area contributed by atoms with Gasteiger partial charge in [-0.15, -0.1) is 6.58 Å². The van der Waals surface area contributed by atoms with Crippen molar-refractivity contribution in [2.75, 3.05) is 0 Å². The van der Waals surface area contributed by atoms with E-state index in [0.29, 0.717) is 17.0 Å². The maximum atomic E-state index is 12.8. The van der Waals surface area contributed by atoms with Crippen LogP contribution in [0.5, 0.6) is 0 Å². The van der Waals surface area contributed by atoms with E-state index in [4.69, 9.17) is 0 Å². The molecule has 3 rings (SSSR count). The van der Waals surface area contributed by atoms with Crippen LogP contribution in [-0.2, 0) is 6.54 Å². The second kappa shape index (κ2) is 7.09. The van der Waals surface area contributed by atoms with E-state index in [1.54, 1.807) is 16.8 Å². The van der Waals surface area contributed by atoms with Crippen LogP contribution in [-0.4, -0.2) is 20.3 Å². The lowest BCUT2D eigenvalue weighted by Crippen LogP contribution is -2.18. The van der Waals surface area contributed by atoms with E-state index in [1.165, 1.54) is 11.3 Å². The Kier molecular flexibility index (Phi) is 5.06. The third-order valence-electron chi connectivity index (χ3n) is 3.72. The molecular weight excluding hydrogens is 400 g/mol. The van der Waals surface area contributed by atoms with Crippen LogP contribution < -0.4 is 4.80 Å². The van der Waals surface area contributed by atoms with Gasteiger partial charge in [0.1, 0.15) is 5.69 Å². The molecule has 3 aromatic rings. The molecule has 0 aliphatic rings. The van der Waals surface area contributed by atoms with E-state index >= 15 is 0 Å². The number of nitrogens with zero attached hydrogens (tertiary/aromatic N) is 4. The number of thiazole rings is 1. The first-order valence-corrected chi connectivity index (χ1v) is 9.56. The van der Waals surface area contributed by atoms with Crippen LogP contribution in [0.3, 0.4) is 0 Å². The van der Waals surface area contributed by atoms with Gasteiger partial charge in [0.05, 0.1) is 15.9 Å². The van der Waals surface area contributed by atoms with Crippen molar-refractivity contribution in [2.45, 2.75) is 33.4 Å². The number of aryl methyl sites for hydroxylation is 1. The maximum Gasteiger partial charge on any atom is 0.297 e. The molecule has 0 aliphatic heterocycles. The molecule has 25 heavy (non-hydrogen) atoms. The van der Waals surface area contributed by atoms with Gasteiger partial charge in [0.15, 0.2) is 4.80 Å². The van der Waals surface area contributed by atoms with Crippen molar-refractivity contribution in [3.8, 4) is 0 Å². The molecule has 0 unspecified atom stereocenters. The summed E-state index contributed by atoms with van der Waals surface area (Å²) in [7, 11) is 0. The van der Waals surface area contributed by atoms with Crippen molar-refractivity contribution >= 4 is 43.4 Å². The molecule has 7 heteroatoms. The first kappa shape index (κ1) is 17.8. The van der Waals surface area contributed by atoms with Crippen molar-refractivity contribution in [3.63, 3.8) is 0 Å². The molecule has 0 radical (unpaired) electrons. The summed E-state index contributed by atoms with van der Waals surface area (Å²) in [5, 5.41) is 4.40. The lowest BCUT2D eigenvalue weighted by atomic mass is 10.3. The van der Waals surface area contributed by atoms with Crippen LogP contribution in [0.2, 0.25) is 0 Å². The molecule has 1 aromatic carbocycles. The Bertz CT molecular complexity index is 1030. The summed E-state index contributed by atoms with van der Waals surface area (Å²) in [6.07, 6.45) is 1.81. The lowest BCUT2D eigenvalue weighted by Gasteiger charge is -2.08. The van der Waals surface area contributed by atoms with Gasteiger partial charge in [-0.1, -0.05) is 33.3 Å². The van der Waals surface area contributed by atoms with Gasteiger partial charge < -0.3 is 4.57 Å². The molecule has 0 saturated heterocycles. The zero-order chi connectivity index (χ0) is 18.1. The summed E-state index contributed by atoms with van der Waals surface area (Å²) >= 11 is 4.98. The van der Waals surface area contributed by atoms with E-state index in [2.05, 4.69) is 32.6 Å². The van der Waals surface area contributed by atoms with Gasteiger partial charge in [0, 0.05) is 17.1 Å². The van der Waals surface area contributed by atoms with Crippen molar-refractivity contribution in [1.29, 1.82) is 0 Å². The quantitative estimate of drug-likeness (QED) is 0.586. The predicted molar refractivity (Wildman–Crippen MR) is 105 cm³/mol. The van der Waals surface area contributed by atoms with Crippen LogP contribution in [0.4, 0.5) is 0 Å². The molecule has 1 amide bonds. The zero-order valence-corrected chi connectivity index (χ0v) is 16.8. The molecule has 0 saturated carbocycles. The Balaban J connectivity index is 2.16. The van der Waals surface area contributed by atoms with Crippen LogP contribution >= 0.6 is 27.3 Å². The highest BCUT2D eigenvalue weighted by molar-refractivity contribution is 9.10. The SMILES string of the molecule is C=CCn1c(=NC(=O)c2cc(C)nn2C(C)C)sc2cc(Br)ccc21.